The zero-order valence-electron chi connectivity index (χ0n) is 17.2. The number of fused-ring (bicyclic) bond motifs is 1. The van der Waals surface area contributed by atoms with Crippen LogP contribution in [0.1, 0.15) is 6.42 Å². The fraction of sp³-hybridized carbons (Fsp3) is 0.333. The van der Waals surface area contributed by atoms with Gasteiger partial charge in [-0.3, -0.25) is 9.88 Å². The van der Waals surface area contributed by atoms with Crippen molar-refractivity contribution in [1.29, 1.82) is 0 Å². The standard InChI is InChI=1S/C21H24N10/c1-4-17(15-22-5-1)18-14-19(31-21(28-18)26-16-27-31)23-8-3-9-29-10-12-30(13-11-29)20-24-6-2-7-25-20/h1-2,4-7,14-16,23H,3,8-13H2. The van der Waals surface area contributed by atoms with E-state index in [1.165, 1.54) is 6.33 Å². The monoisotopic (exact) mass is 416 g/mol. The van der Waals surface area contributed by atoms with Crippen LogP contribution in [0.3, 0.4) is 0 Å². The molecular formula is C21H24N10. The van der Waals surface area contributed by atoms with Gasteiger partial charge in [-0.15, -0.1) is 0 Å². The fourth-order valence-corrected chi connectivity index (χ4v) is 3.75. The number of pyridine rings is 1. The lowest BCUT2D eigenvalue weighted by Gasteiger charge is -2.34. The summed E-state index contributed by atoms with van der Waals surface area (Å²) in [5.41, 5.74) is 1.78. The van der Waals surface area contributed by atoms with Crippen LogP contribution in [0.15, 0.2) is 55.4 Å². The summed E-state index contributed by atoms with van der Waals surface area (Å²) < 4.78 is 1.73. The van der Waals surface area contributed by atoms with Crippen molar-refractivity contribution in [3.05, 3.63) is 55.4 Å². The van der Waals surface area contributed by atoms with Gasteiger partial charge < -0.3 is 10.2 Å². The second-order valence-electron chi connectivity index (χ2n) is 7.40. The molecule has 0 amide bonds. The SMILES string of the molecule is c1cnc(N2CCN(CCCNc3cc(-c4cccnc4)nc4ncnn34)CC2)nc1. The Labute approximate surface area is 180 Å². The van der Waals surface area contributed by atoms with Crippen molar-refractivity contribution in [3.8, 4) is 11.3 Å². The fourth-order valence-electron chi connectivity index (χ4n) is 3.75. The van der Waals surface area contributed by atoms with E-state index >= 15 is 0 Å². The van der Waals surface area contributed by atoms with Gasteiger partial charge in [-0.1, -0.05) is 0 Å². The first-order valence-corrected chi connectivity index (χ1v) is 10.5. The van der Waals surface area contributed by atoms with Crippen LogP contribution < -0.4 is 10.2 Å². The van der Waals surface area contributed by atoms with Crippen molar-refractivity contribution in [1.82, 2.24) is 39.4 Å². The van der Waals surface area contributed by atoms with E-state index in [1.807, 2.05) is 24.3 Å². The molecule has 5 heterocycles. The highest BCUT2D eigenvalue weighted by atomic mass is 15.4. The molecule has 31 heavy (non-hydrogen) atoms. The maximum atomic E-state index is 4.59. The molecule has 4 aromatic heterocycles. The van der Waals surface area contributed by atoms with E-state index in [9.17, 15) is 0 Å². The minimum Gasteiger partial charge on any atom is -0.370 e. The zero-order chi connectivity index (χ0) is 20.9. The average molecular weight is 416 g/mol. The molecule has 158 valence electrons. The van der Waals surface area contributed by atoms with Crippen molar-refractivity contribution >= 4 is 17.5 Å². The van der Waals surface area contributed by atoms with Gasteiger partial charge in [0.25, 0.3) is 5.78 Å². The molecule has 0 spiro atoms. The smallest absolute Gasteiger partial charge is 0.254 e. The van der Waals surface area contributed by atoms with Crippen molar-refractivity contribution in [3.63, 3.8) is 0 Å². The second-order valence-corrected chi connectivity index (χ2v) is 7.40. The Morgan fingerprint density at radius 3 is 2.65 bits per heavy atom. The molecule has 1 aliphatic rings. The Morgan fingerprint density at radius 1 is 0.968 bits per heavy atom. The molecular weight excluding hydrogens is 392 g/mol. The van der Waals surface area contributed by atoms with Gasteiger partial charge in [0.15, 0.2) is 0 Å². The quantitative estimate of drug-likeness (QED) is 0.450. The first kappa shape index (κ1) is 19.3. The van der Waals surface area contributed by atoms with Crippen molar-refractivity contribution in [2.75, 3.05) is 49.5 Å². The molecule has 0 aromatic carbocycles. The number of anilines is 2. The van der Waals surface area contributed by atoms with Crippen LogP contribution in [0, 0.1) is 0 Å². The Bertz CT molecular complexity index is 1110. The molecule has 0 bridgehead atoms. The molecule has 1 N–H and O–H groups in total. The molecule has 1 saturated heterocycles. The van der Waals surface area contributed by atoms with E-state index in [-0.39, 0.29) is 0 Å². The lowest BCUT2D eigenvalue weighted by Crippen LogP contribution is -2.47. The van der Waals surface area contributed by atoms with Crippen LogP contribution in [0.5, 0.6) is 0 Å². The Kier molecular flexibility index (Phi) is 5.61. The molecule has 4 aromatic rings. The number of nitrogens with one attached hydrogen (secondary N) is 1. The maximum Gasteiger partial charge on any atom is 0.254 e. The third kappa shape index (κ3) is 4.43. The van der Waals surface area contributed by atoms with Gasteiger partial charge in [0.05, 0.1) is 5.69 Å². The number of hydrogen-bond donors (Lipinski definition) is 1. The third-order valence-electron chi connectivity index (χ3n) is 5.37. The molecule has 10 nitrogen and oxygen atoms in total. The van der Waals surface area contributed by atoms with Gasteiger partial charge in [-0.2, -0.15) is 14.6 Å². The Hall–Kier alpha value is -3.66. The molecule has 0 saturated carbocycles. The predicted octanol–water partition coefficient (Wildman–Crippen LogP) is 1.60. The summed E-state index contributed by atoms with van der Waals surface area (Å²) in [6.07, 6.45) is 9.71. The summed E-state index contributed by atoms with van der Waals surface area (Å²) in [4.78, 5) is 26.5. The first-order chi connectivity index (χ1) is 15.4. The van der Waals surface area contributed by atoms with Gasteiger partial charge in [0.2, 0.25) is 5.95 Å². The van der Waals surface area contributed by atoms with Gasteiger partial charge in [-0.05, 0) is 31.2 Å². The molecule has 10 heteroatoms. The number of piperazine rings is 1. The third-order valence-corrected chi connectivity index (χ3v) is 5.37. The van der Waals surface area contributed by atoms with Crippen LogP contribution in [-0.2, 0) is 0 Å². The number of aromatic nitrogens is 7. The van der Waals surface area contributed by atoms with Crippen LogP contribution in [0.25, 0.3) is 17.0 Å². The molecule has 0 unspecified atom stereocenters. The van der Waals surface area contributed by atoms with Gasteiger partial charge in [-0.25, -0.2) is 15.0 Å². The van der Waals surface area contributed by atoms with Gasteiger partial charge in [0, 0.05) is 69.1 Å². The lowest BCUT2D eigenvalue weighted by molar-refractivity contribution is 0.256. The van der Waals surface area contributed by atoms with E-state index in [2.05, 4.69) is 45.1 Å². The molecule has 1 fully saturated rings. The number of hydrogen-bond acceptors (Lipinski definition) is 9. The second kappa shape index (κ2) is 9.00. The van der Waals surface area contributed by atoms with E-state index in [0.717, 1.165) is 68.7 Å². The molecule has 0 aliphatic carbocycles. The summed E-state index contributed by atoms with van der Waals surface area (Å²) >= 11 is 0. The molecule has 1 aliphatic heterocycles. The van der Waals surface area contributed by atoms with Crippen LogP contribution in [-0.4, -0.2) is 78.7 Å². The Morgan fingerprint density at radius 2 is 1.84 bits per heavy atom. The van der Waals surface area contributed by atoms with E-state index < -0.39 is 0 Å². The van der Waals surface area contributed by atoms with Gasteiger partial charge in [0.1, 0.15) is 12.1 Å². The summed E-state index contributed by atoms with van der Waals surface area (Å²) in [7, 11) is 0. The highest BCUT2D eigenvalue weighted by Gasteiger charge is 2.18. The van der Waals surface area contributed by atoms with E-state index in [0.29, 0.717) is 5.78 Å². The minimum atomic E-state index is 0.572. The molecule has 5 rings (SSSR count). The summed E-state index contributed by atoms with van der Waals surface area (Å²) in [5.74, 6) is 2.28. The first-order valence-electron chi connectivity index (χ1n) is 10.5. The van der Waals surface area contributed by atoms with Crippen LogP contribution in [0.2, 0.25) is 0 Å². The van der Waals surface area contributed by atoms with Crippen LogP contribution >= 0.6 is 0 Å². The minimum absolute atomic E-state index is 0.572. The normalized spacial score (nSPS) is 14.8. The van der Waals surface area contributed by atoms with E-state index in [4.69, 9.17) is 0 Å². The van der Waals surface area contributed by atoms with E-state index in [1.54, 1.807) is 29.3 Å². The highest BCUT2D eigenvalue weighted by molar-refractivity contribution is 5.64. The van der Waals surface area contributed by atoms with Crippen molar-refractivity contribution < 1.29 is 0 Å². The van der Waals surface area contributed by atoms with Crippen molar-refractivity contribution in [2.24, 2.45) is 0 Å². The maximum absolute atomic E-state index is 4.59. The predicted molar refractivity (Wildman–Crippen MR) is 118 cm³/mol. The molecule has 0 atom stereocenters. The summed E-state index contributed by atoms with van der Waals surface area (Å²) in [6, 6.07) is 7.74. The zero-order valence-corrected chi connectivity index (χ0v) is 17.2. The number of nitrogens with zero attached hydrogens (tertiary/aromatic N) is 9. The summed E-state index contributed by atoms with van der Waals surface area (Å²) in [6.45, 7) is 5.83. The highest BCUT2D eigenvalue weighted by Crippen LogP contribution is 2.20. The van der Waals surface area contributed by atoms with Crippen LogP contribution in [0.4, 0.5) is 11.8 Å². The largest absolute Gasteiger partial charge is 0.370 e. The van der Waals surface area contributed by atoms with Crippen molar-refractivity contribution in [2.45, 2.75) is 6.42 Å². The lowest BCUT2D eigenvalue weighted by atomic mass is 10.2. The van der Waals surface area contributed by atoms with Gasteiger partial charge >= 0.3 is 0 Å². The molecule has 0 radical (unpaired) electrons. The average Bonchev–Trinajstić information content (AvgIpc) is 3.32. The topological polar surface area (TPSA) is 100 Å². The summed E-state index contributed by atoms with van der Waals surface area (Å²) in [5, 5.41) is 7.80. The number of rotatable bonds is 7. The Balaban J connectivity index is 1.16.